The van der Waals surface area contributed by atoms with Crippen LogP contribution in [0, 0.1) is 6.92 Å². The molecule has 1 aliphatic heterocycles. The normalized spacial score (nSPS) is 14.7. The average molecular weight is 533 g/mol. The number of nitrogens with one attached hydrogen (secondary N) is 1. The lowest BCUT2D eigenvalue weighted by Gasteiger charge is -2.34. The molecule has 5 rings (SSSR count). The maximum Gasteiger partial charge on any atom is 0.260 e. The van der Waals surface area contributed by atoms with Gasteiger partial charge in [-0.1, -0.05) is 12.1 Å². The van der Waals surface area contributed by atoms with Crippen molar-refractivity contribution in [3.05, 3.63) is 70.6 Å². The lowest BCUT2D eigenvalue weighted by atomic mass is 10.0. The van der Waals surface area contributed by atoms with Gasteiger partial charge in [-0.05, 0) is 62.9 Å². The second-order valence-corrected chi connectivity index (χ2v) is 11.8. The Morgan fingerprint density at radius 1 is 0.974 bits per heavy atom. The molecule has 0 saturated carbocycles. The summed E-state index contributed by atoms with van der Waals surface area (Å²) in [6.45, 7) is 8.16. The summed E-state index contributed by atoms with van der Waals surface area (Å²) in [5, 5.41) is 3.89. The molecule has 2 aromatic carbocycles. The number of hydrogen-bond acceptors (Lipinski definition) is 8. The lowest BCUT2D eigenvalue weighted by Crippen LogP contribution is -2.44. The topological polar surface area (TPSA) is 100 Å². The van der Waals surface area contributed by atoms with E-state index in [1.807, 2.05) is 32.0 Å². The number of aryl methyl sites for hydroxylation is 2. The lowest BCUT2D eigenvalue weighted by molar-refractivity contribution is 0.313. The van der Waals surface area contributed by atoms with E-state index in [1.54, 1.807) is 29.0 Å². The quantitative estimate of drug-likeness (QED) is 0.401. The van der Waals surface area contributed by atoms with Crippen molar-refractivity contribution in [2.75, 3.05) is 49.7 Å². The van der Waals surface area contributed by atoms with Crippen LogP contribution in [0.5, 0.6) is 0 Å². The van der Waals surface area contributed by atoms with Crippen LogP contribution in [0.3, 0.4) is 0 Å². The number of anilines is 3. The molecule has 1 fully saturated rings. The predicted molar refractivity (Wildman–Crippen MR) is 152 cm³/mol. The van der Waals surface area contributed by atoms with E-state index in [1.165, 1.54) is 5.69 Å². The van der Waals surface area contributed by atoms with Gasteiger partial charge in [0, 0.05) is 73.1 Å². The van der Waals surface area contributed by atoms with E-state index >= 15 is 0 Å². The van der Waals surface area contributed by atoms with E-state index in [-0.39, 0.29) is 10.5 Å². The summed E-state index contributed by atoms with van der Waals surface area (Å²) < 4.78 is 26.6. The highest BCUT2D eigenvalue weighted by Crippen LogP contribution is 2.29. The summed E-state index contributed by atoms with van der Waals surface area (Å²) in [6.07, 6.45) is 2.82. The molecule has 198 valence electrons. The second kappa shape index (κ2) is 10.2. The van der Waals surface area contributed by atoms with Gasteiger partial charge in [0.2, 0.25) is 5.95 Å². The average Bonchev–Trinajstić information content (AvgIpc) is 2.89. The zero-order valence-electron chi connectivity index (χ0n) is 22.1. The van der Waals surface area contributed by atoms with Crippen LogP contribution in [-0.2, 0) is 16.4 Å². The van der Waals surface area contributed by atoms with E-state index in [2.05, 4.69) is 44.3 Å². The number of benzene rings is 2. The highest BCUT2D eigenvalue weighted by molar-refractivity contribution is 7.90. The minimum absolute atomic E-state index is 0.135. The first-order valence-electron chi connectivity index (χ1n) is 12.7. The van der Waals surface area contributed by atoms with E-state index in [4.69, 9.17) is 0 Å². The van der Waals surface area contributed by atoms with Crippen molar-refractivity contribution in [3.63, 3.8) is 0 Å². The fourth-order valence-corrected chi connectivity index (χ4v) is 5.79. The number of likely N-dealkylation sites (N-methyl/N-ethyl adjacent to an activating group) is 1. The first-order chi connectivity index (χ1) is 18.1. The summed E-state index contributed by atoms with van der Waals surface area (Å²) in [5.41, 5.74) is 3.72. The fourth-order valence-electron chi connectivity index (χ4n) is 4.81. The Kier molecular flexibility index (Phi) is 6.93. The molecule has 9 nitrogen and oxygen atoms in total. The van der Waals surface area contributed by atoms with Gasteiger partial charge in [-0.25, -0.2) is 13.4 Å². The summed E-state index contributed by atoms with van der Waals surface area (Å²) in [6, 6.07) is 15.0. The van der Waals surface area contributed by atoms with Crippen molar-refractivity contribution in [1.82, 2.24) is 19.4 Å². The number of sulfone groups is 1. The maximum atomic E-state index is 13.5. The van der Waals surface area contributed by atoms with Gasteiger partial charge < -0.3 is 15.1 Å². The molecule has 0 amide bonds. The fraction of sp³-hybridized carbons (Fsp3) is 0.321. The first-order valence-corrected chi connectivity index (χ1v) is 14.6. The molecule has 38 heavy (non-hydrogen) atoms. The number of aromatic nitrogens is 3. The SMILES string of the molecule is CCn1c(=O)c(-c2ccc(C)cc2S(C)(=O)=O)cc2cnc(Nc3ccc(N4CCN(C)CC4)cc3)nc21. The van der Waals surface area contributed by atoms with Crippen molar-refractivity contribution in [1.29, 1.82) is 0 Å². The standard InChI is InChI=1S/C28H32N6O3S/c1-5-34-26-20(17-24(27(34)35)23-11-6-19(2)16-25(23)38(4,36)37)18-29-28(31-26)30-21-7-9-22(10-8-21)33-14-12-32(3)13-15-33/h6-11,16-18H,5,12-15H2,1-4H3,(H,29,30,31). The third kappa shape index (κ3) is 5.14. The van der Waals surface area contributed by atoms with Crippen molar-refractivity contribution in [2.24, 2.45) is 0 Å². The van der Waals surface area contributed by atoms with Gasteiger partial charge in [-0.15, -0.1) is 0 Å². The van der Waals surface area contributed by atoms with E-state index in [9.17, 15) is 13.2 Å². The Morgan fingerprint density at radius 3 is 2.34 bits per heavy atom. The highest BCUT2D eigenvalue weighted by Gasteiger charge is 2.20. The smallest absolute Gasteiger partial charge is 0.260 e. The van der Waals surface area contributed by atoms with Crippen LogP contribution in [-0.4, -0.2) is 67.3 Å². The molecule has 0 atom stereocenters. The highest BCUT2D eigenvalue weighted by atomic mass is 32.2. The maximum absolute atomic E-state index is 13.5. The van der Waals surface area contributed by atoms with Crippen LogP contribution < -0.4 is 15.8 Å². The monoisotopic (exact) mass is 532 g/mol. The Hall–Kier alpha value is -3.76. The van der Waals surface area contributed by atoms with Gasteiger partial charge in [0.15, 0.2) is 9.84 Å². The van der Waals surface area contributed by atoms with Crippen molar-refractivity contribution in [3.8, 4) is 11.1 Å². The molecular weight excluding hydrogens is 500 g/mol. The Morgan fingerprint density at radius 2 is 1.68 bits per heavy atom. The molecule has 1 N–H and O–H groups in total. The van der Waals surface area contributed by atoms with Gasteiger partial charge in [0.25, 0.3) is 5.56 Å². The van der Waals surface area contributed by atoms with E-state index < -0.39 is 9.84 Å². The van der Waals surface area contributed by atoms with Gasteiger partial charge >= 0.3 is 0 Å². The van der Waals surface area contributed by atoms with E-state index in [0.717, 1.165) is 43.7 Å². The van der Waals surface area contributed by atoms with Crippen LogP contribution >= 0.6 is 0 Å². The van der Waals surface area contributed by atoms with Crippen molar-refractivity contribution in [2.45, 2.75) is 25.3 Å². The van der Waals surface area contributed by atoms with Crippen LogP contribution in [0.2, 0.25) is 0 Å². The minimum Gasteiger partial charge on any atom is -0.369 e. The summed E-state index contributed by atoms with van der Waals surface area (Å²) in [7, 11) is -1.40. The molecular formula is C28H32N6O3S. The predicted octanol–water partition coefficient (Wildman–Crippen LogP) is 3.69. The van der Waals surface area contributed by atoms with Gasteiger partial charge in [0.05, 0.1) is 4.90 Å². The van der Waals surface area contributed by atoms with Crippen LogP contribution in [0.4, 0.5) is 17.3 Å². The second-order valence-electron chi connectivity index (χ2n) is 9.81. The first kappa shape index (κ1) is 25.9. The summed E-state index contributed by atoms with van der Waals surface area (Å²) in [5.74, 6) is 0.381. The largest absolute Gasteiger partial charge is 0.369 e. The number of nitrogens with zero attached hydrogens (tertiary/aromatic N) is 5. The Balaban J connectivity index is 1.48. The van der Waals surface area contributed by atoms with Gasteiger partial charge in [-0.2, -0.15) is 4.98 Å². The third-order valence-corrected chi connectivity index (χ3v) is 8.10. The number of piperazine rings is 1. The van der Waals surface area contributed by atoms with E-state index in [0.29, 0.717) is 34.7 Å². The van der Waals surface area contributed by atoms with Gasteiger partial charge in [0.1, 0.15) is 5.65 Å². The molecule has 4 aromatic rings. The minimum atomic E-state index is -3.54. The van der Waals surface area contributed by atoms with Crippen LogP contribution in [0.25, 0.3) is 22.2 Å². The van der Waals surface area contributed by atoms with Crippen molar-refractivity contribution >= 4 is 38.2 Å². The third-order valence-electron chi connectivity index (χ3n) is 6.96. The van der Waals surface area contributed by atoms with Crippen LogP contribution in [0.15, 0.2) is 64.4 Å². The molecule has 0 aliphatic carbocycles. The number of rotatable bonds is 6. The summed E-state index contributed by atoms with van der Waals surface area (Å²) >= 11 is 0. The molecule has 0 bridgehead atoms. The number of hydrogen-bond donors (Lipinski definition) is 1. The number of fused-ring (bicyclic) bond motifs is 1. The molecule has 0 unspecified atom stereocenters. The molecule has 3 heterocycles. The van der Waals surface area contributed by atoms with Crippen LogP contribution in [0.1, 0.15) is 12.5 Å². The molecule has 0 radical (unpaired) electrons. The molecule has 0 spiro atoms. The van der Waals surface area contributed by atoms with Crippen molar-refractivity contribution < 1.29 is 8.42 Å². The molecule has 1 saturated heterocycles. The zero-order chi connectivity index (χ0) is 27.0. The molecule has 10 heteroatoms. The molecule has 1 aliphatic rings. The Bertz CT molecular complexity index is 1660. The zero-order valence-corrected chi connectivity index (χ0v) is 22.9. The molecule has 2 aromatic heterocycles. The number of pyridine rings is 1. The van der Waals surface area contributed by atoms with Gasteiger partial charge in [-0.3, -0.25) is 9.36 Å². The summed E-state index contributed by atoms with van der Waals surface area (Å²) in [4.78, 5) is 27.5. The Labute approximate surface area is 222 Å².